The first-order valence-electron chi connectivity index (χ1n) is 5.34. The normalized spacial score (nSPS) is 18.2. The summed E-state index contributed by atoms with van der Waals surface area (Å²) in [6.45, 7) is 4.25. The Morgan fingerprint density at radius 2 is 1.58 bits per heavy atom. The van der Waals surface area contributed by atoms with Gasteiger partial charge in [-0.15, -0.1) is 0 Å². The van der Waals surface area contributed by atoms with Gasteiger partial charge in [0.15, 0.2) is 0 Å². The Kier molecular flexibility index (Phi) is 9.71. The van der Waals surface area contributed by atoms with Crippen molar-refractivity contribution in [3.05, 3.63) is 0 Å². The fourth-order valence-electron chi connectivity index (χ4n) is 1.59. The highest BCUT2D eigenvalue weighted by Gasteiger charge is 2.11. The lowest BCUT2D eigenvalue weighted by Crippen LogP contribution is -2.07. The average Bonchev–Trinajstić information content (AvgIpc) is 2.08. The van der Waals surface area contributed by atoms with Gasteiger partial charge in [0.2, 0.25) is 0 Å². The molecule has 1 aliphatic rings. The van der Waals surface area contributed by atoms with E-state index in [1.807, 2.05) is 11.8 Å². The van der Waals surface area contributed by atoms with Gasteiger partial charge in [0.05, 0.1) is 0 Å². The summed E-state index contributed by atoms with van der Waals surface area (Å²) in [6.07, 6.45) is 10.9. The Hall–Kier alpha value is 0.350. The first-order chi connectivity index (χ1) is 5.85. The predicted molar refractivity (Wildman–Crippen MR) is 60.9 cm³/mol. The lowest BCUT2D eigenvalue weighted by molar-refractivity contribution is 0.391. The van der Waals surface area contributed by atoms with E-state index in [4.69, 9.17) is 0 Å². The standard InChI is InChI=1S/C8H16S.C3H8/c1-9-7-8-5-3-2-4-6-8;1-3-2/h8H,2-7H2,1H3;3H2,1-2H3. The van der Waals surface area contributed by atoms with Crippen LogP contribution in [0.5, 0.6) is 0 Å². The van der Waals surface area contributed by atoms with Crippen LogP contribution < -0.4 is 0 Å². The Labute approximate surface area is 82.5 Å². The minimum absolute atomic E-state index is 1.06. The lowest BCUT2D eigenvalue weighted by atomic mass is 9.91. The van der Waals surface area contributed by atoms with Crippen molar-refractivity contribution in [2.75, 3.05) is 12.0 Å². The third-order valence-corrected chi connectivity index (χ3v) is 2.93. The molecule has 12 heavy (non-hydrogen) atoms. The van der Waals surface area contributed by atoms with Gasteiger partial charge >= 0.3 is 0 Å². The van der Waals surface area contributed by atoms with Crippen molar-refractivity contribution >= 4 is 11.8 Å². The molecule has 1 fully saturated rings. The summed E-state index contributed by atoms with van der Waals surface area (Å²) in [5, 5.41) is 0. The predicted octanol–water partition coefficient (Wildman–Crippen LogP) is 4.35. The molecule has 0 heterocycles. The number of rotatable bonds is 2. The van der Waals surface area contributed by atoms with Gasteiger partial charge in [0.25, 0.3) is 0 Å². The molecule has 0 saturated heterocycles. The van der Waals surface area contributed by atoms with Gasteiger partial charge in [0.1, 0.15) is 0 Å². The Morgan fingerprint density at radius 3 is 2.00 bits per heavy atom. The molecule has 0 amide bonds. The van der Waals surface area contributed by atoms with E-state index < -0.39 is 0 Å². The smallest absolute Gasteiger partial charge is 0.00419 e. The summed E-state index contributed by atoms with van der Waals surface area (Å²) in [4.78, 5) is 0. The molecule has 1 rings (SSSR count). The van der Waals surface area contributed by atoms with Crippen LogP contribution in [0.4, 0.5) is 0 Å². The third-order valence-electron chi connectivity index (χ3n) is 2.13. The van der Waals surface area contributed by atoms with E-state index in [0.717, 1.165) is 5.92 Å². The van der Waals surface area contributed by atoms with Crippen LogP contribution in [0.2, 0.25) is 0 Å². The first kappa shape index (κ1) is 12.3. The van der Waals surface area contributed by atoms with Crippen molar-refractivity contribution < 1.29 is 0 Å². The van der Waals surface area contributed by atoms with Crippen LogP contribution >= 0.6 is 11.8 Å². The molecule has 0 aromatic rings. The highest BCUT2D eigenvalue weighted by atomic mass is 32.2. The minimum atomic E-state index is 1.06. The van der Waals surface area contributed by atoms with Gasteiger partial charge in [-0.2, -0.15) is 11.8 Å². The van der Waals surface area contributed by atoms with E-state index in [1.54, 1.807) is 0 Å². The molecule has 0 radical (unpaired) electrons. The van der Waals surface area contributed by atoms with E-state index in [2.05, 4.69) is 20.1 Å². The van der Waals surface area contributed by atoms with Crippen molar-refractivity contribution in [1.29, 1.82) is 0 Å². The van der Waals surface area contributed by atoms with Crippen LogP contribution in [-0.4, -0.2) is 12.0 Å². The van der Waals surface area contributed by atoms with Crippen LogP contribution in [0.1, 0.15) is 52.4 Å². The molecule has 1 aliphatic carbocycles. The van der Waals surface area contributed by atoms with Crippen LogP contribution in [0.3, 0.4) is 0 Å². The highest BCUT2D eigenvalue weighted by Crippen LogP contribution is 2.25. The maximum absolute atomic E-state index is 2.22. The molecule has 0 aliphatic heterocycles. The van der Waals surface area contributed by atoms with Crippen molar-refractivity contribution in [3.63, 3.8) is 0 Å². The maximum Gasteiger partial charge on any atom is -0.00419 e. The summed E-state index contributed by atoms with van der Waals surface area (Å²) >= 11 is 2.01. The fourth-order valence-corrected chi connectivity index (χ4v) is 2.39. The molecule has 0 spiro atoms. The second-order valence-electron chi connectivity index (χ2n) is 3.67. The SMILES string of the molecule is CCC.CSCC1CCCCC1. The van der Waals surface area contributed by atoms with Gasteiger partial charge in [0, 0.05) is 0 Å². The molecule has 0 aromatic carbocycles. The van der Waals surface area contributed by atoms with Crippen LogP contribution in [0.15, 0.2) is 0 Å². The number of thioether (sulfide) groups is 1. The monoisotopic (exact) mass is 188 g/mol. The zero-order chi connectivity index (χ0) is 9.23. The molecule has 1 heteroatoms. The topological polar surface area (TPSA) is 0 Å². The zero-order valence-electron chi connectivity index (χ0n) is 8.94. The van der Waals surface area contributed by atoms with Crippen LogP contribution in [-0.2, 0) is 0 Å². The van der Waals surface area contributed by atoms with Gasteiger partial charge in [-0.3, -0.25) is 0 Å². The highest BCUT2D eigenvalue weighted by molar-refractivity contribution is 7.98. The molecule has 1 saturated carbocycles. The van der Waals surface area contributed by atoms with Crippen molar-refractivity contribution in [2.24, 2.45) is 5.92 Å². The second kappa shape index (κ2) is 9.44. The molecule has 0 unspecified atom stereocenters. The summed E-state index contributed by atoms with van der Waals surface area (Å²) in [5.74, 6) is 2.47. The Balaban J connectivity index is 0.000000354. The van der Waals surface area contributed by atoms with Gasteiger partial charge < -0.3 is 0 Å². The molecular formula is C11H24S. The van der Waals surface area contributed by atoms with E-state index in [9.17, 15) is 0 Å². The van der Waals surface area contributed by atoms with E-state index in [1.165, 1.54) is 44.3 Å². The van der Waals surface area contributed by atoms with E-state index >= 15 is 0 Å². The van der Waals surface area contributed by atoms with Crippen LogP contribution in [0.25, 0.3) is 0 Å². The van der Waals surface area contributed by atoms with Crippen molar-refractivity contribution in [2.45, 2.75) is 52.4 Å². The molecule has 0 nitrogen and oxygen atoms in total. The quantitative estimate of drug-likeness (QED) is 0.621. The largest absolute Gasteiger partial charge is 0.165 e. The summed E-state index contributed by atoms with van der Waals surface area (Å²) in [7, 11) is 0. The van der Waals surface area contributed by atoms with Gasteiger partial charge in [-0.1, -0.05) is 39.5 Å². The molecule has 0 bridgehead atoms. The second-order valence-corrected chi connectivity index (χ2v) is 4.58. The summed E-state index contributed by atoms with van der Waals surface area (Å²) < 4.78 is 0. The van der Waals surface area contributed by atoms with E-state index in [-0.39, 0.29) is 0 Å². The number of hydrogen-bond acceptors (Lipinski definition) is 1. The molecular weight excluding hydrogens is 164 g/mol. The lowest BCUT2D eigenvalue weighted by Gasteiger charge is -2.19. The van der Waals surface area contributed by atoms with Crippen molar-refractivity contribution in [3.8, 4) is 0 Å². The zero-order valence-corrected chi connectivity index (χ0v) is 9.75. The minimum Gasteiger partial charge on any atom is -0.165 e. The van der Waals surface area contributed by atoms with Gasteiger partial charge in [-0.25, -0.2) is 0 Å². The van der Waals surface area contributed by atoms with Crippen molar-refractivity contribution in [1.82, 2.24) is 0 Å². The van der Waals surface area contributed by atoms with Crippen LogP contribution in [0, 0.1) is 5.92 Å². The summed E-state index contributed by atoms with van der Waals surface area (Å²) in [6, 6.07) is 0. The average molecular weight is 188 g/mol. The van der Waals surface area contributed by atoms with Gasteiger partial charge in [-0.05, 0) is 30.8 Å². The molecule has 74 valence electrons. The molecule has 0 aromatic heterocycles. The Morgan fingerprint density at radius 1 is 1.08 bits per heavy atom. The molecule has 0 atom stereocenters. The third kappa shape index (κ3) is 7.02. The number of hydrogen-bond donors (Lipinski definition) is 0. The first-order valence-corrected chi connectivity index (χ1v) is 6.73. The fraction of sp³-hybridized carbons (Fsp3) is 1.00. The van der Waals surface area contributed by atoms with E-state index in [0.29, 0.717) is 0 Å². The Bertz CT molecular complexity index is 72.3. The maximum atomic E-state index is 2.22. The molecule has 0 N–H and O–H groups in total. The summed E-state index contributed by atoms with van der Waals surface area (Å²) in [5.41, 5.74) is 0.